The van der Waals surface area contributed by atoms with Gasteiger partial charge in [-0.3, -0.25) is 4.79 Å². The molecule has 2 rings (SSSR count). The van der Waals surface area contributed by atoms with Crippen LogP contribution < -0.4 is 5.43 Å². The van der Waals surface area contributed by atoms with Gasteiger partial charge < -0.3 is 0 Å². The van der Waals surface area contributed by atoms with Crippen LogP contribution in [0.2, 0.25) is 0 Å². The van der Waals surface area contributed by atoms with E-state index in [4.69, 9.17) is 0 Å². The molecule has 0 unspecified atom stereocenters. The van der Waals surface area contributed by atoms with Crippen molar-refractivity contribution in [3.05, 3.63) is 76.9 Å². The molecule has 1 N–H and O–H groups in total. The van der Waals surface area contributed by atoms with Crippen LogP contribution in [-0.4, -0.2) is 12.1 Å². The Morgan fingerprint density at radius 1 is 1.10 bits per heavy atom. The van der Waals surface area contributed by atoms with E-state index in [-0.39, 0.29) is 5.91 Å². The van der Waals surface area contributed by atoms with Gasteiger partial charge in [-0.05, 0) is 37.1 Å². The minimum absolute atomic E-state index is 0.206. The van der Waals surface area contributed by atoms with E-state index in [0.29, 0.717) is 5.56 Å². The summed E-state index contributed by atoms with van der Waals surface area (Å²) in [7, 11) is 0. The lowest BCUT2D eigenvalue weighted by Gasteiger charge is -2.00. The Kier molecular flexibility index (Phi) is 5.04. The zero-order valence-corrected chi connectivity index (χ0v) is 12.2. The highest BCUT2D eigenvalue weighted by atomic mass is 16.2. The van der Waals surface area contributed by atoms with Crippen LogP contribution >= 0.6 is 0 Å². The molecule has 106 valence electrons. The van der Waals surface area contributed by atoms with Crippen molar-refractivity contribution >= 4 is 18.2 Å². The normalized spacial score (nSPS) is 11.6. The molecule has 2 aromatic rings. The van der Waals surface area contributed by atoms with Gasteiger partial charge in [-0.2, -0.15) is 5.10 Å². The van der Waals surface area contributed by atoms with Gasteiger partial charge in [-0.15, -0.1) is 0 Å². The van der Waals surface area contributed by atoms with Gasteiger partial charge in [0.25, 0.3) is 5.91 Å². The lowest BCUT2D eigenvalue weighted by atomic mass is 10.1. The first kappa shape index (κ1) is 14.7. The van der Waals surface area contributed by atoms with E-state index < -0.39 is 0 Å². The lowest BCUT2D eigenvalue weighted by molar-refractivity contribution is 0.0955. The van der Waals surface area contributed by atoms with Crippen LogP contribution in [-0.2, 0) is 0 Å². The van der Waals surface area contributed by atoms with Gasteiger partial charge in [0.15, 0.2) is 0 Å². The largest absolute Gasteiger partial charge is 0.271 e. The summed E-state index contributed by atoms with van der Waals surface area (Å²) in [5.74, 6) is -0.206. The summed E-state index contributed by atoms with van der Waals surface area (Å²) in [5, 5.41) is 3.98. The molecule has 0 aliphatic carbocycles. The zero-order valence-electron chi connectivity index (χ0n) is 12.2. The molecule has 0 bridgehead atoms. The van der Waals surface area contributed by atoms with E-state index in [1.807, 2.05) is 68.5 Å². The van der Waals surface area contributed by atoms with Crippen LogP contribution in [0.15, 0.2) is 65.3 Å². The van der Waals surface area contributed by atoms with Crippen molar-refractivity contribution in [3.8, 4) is 0 Å². The number of carbonyl (C=O) groups is 1. The monoisotopic (exact) mass is 278 g/mol. The molecule has 0 aliphatic heterocycles. The molecule has 0 spiro atoms. The molecule has 21 heavy (non-hydrogen) atoms. The average Bonchev–Trinajstić information content (AvgIpc) is 2.48. The molecular formula is C18H18N2O. The number of hydrazone groups is 1. The Morgan fingerprint density at radius 2 is 1.86 bits per heavy atom. The molecule has 0 fully saturated rings. The number of hydrogen-bond acceptors (Lipinski definition) is 2. The molecule has 0 saturated heterocycles. The maximum absolute atomic E-state index is 11.9. The highest BCUT2D eigenvalue weighted by molar-refractivity contribution is 5.95. The van der Waals surface area contributed by atoms with Crippen molar-refractivity contribution in [1.82, 2.24) is 5.43 Å². The van der Waals surface area contributed by atoms with Crippen molar-refractivity contribution in [1.29, 1.82) is 0 Å². The van der Waals surface area contributed by atoms with E-state index in [2.05, 4.69) is 10.5 Å². The molecule has 1 amide bonds. The predicted octanol–water partition coefficient (Wildman–Crippen LogP) is 3.81. The van der Waals surface area contributed by atoms with E-state index >= 15 is 0 Å². The van der Waals surface area contributed by atoms with Gasteiger partial charge in [0.05, 0.1) is 6.21 Å². The third-order valence-corrected chi connectivity index (χ3v) is 2.91. The number of aryl methyl sites for hydroxylation is 1. The molecule has 3 nitrogen and oxygen atoms in total. The molecule has 0 radical (unpaired) electrons. The number of nitrogens with one attached hydrogen (secondary N) is 1. The number of rotatable bonds is 4. The van der Waals surface area contributed by atoms with Crippen molar-refractivity contribution < 1.29 is 4.79 Å². The third kappa shape index (κ3) is 4.73. The molecular weight excluding hydrogens is 260 g/mol. The summed E-state index contributed by atoms with van der Waals surface area (Å²) >= 11 is 0. The Labute approximate surface area is 125 Å². The van der Waals surface area contributed by atoms with Crippen LogP contribution in [0, 0.1) is 6.92 Å². The van der Waals surface area contributed by atoms with Crippen LogP contribution in [0.25, 0.3) is 6.08 Å². The molecule has 0 aliphatic rings. The van der Waals surface area contributed by atoms with Crippen molar-refractivity contribution in [2.75, 3.05) is 0 Å². The molecule has 0 atom stereocenters. The summed E-state index contributed by atoms with van der Waals surface area (Å²) in [4.78, 5) is 11.9. The molecule has 3 heteroatoms. The quantitative estimate of drug-likeness (QED) is 0.670. The first-order chi connectivity index (χ1) is 10.1. The van der Waals surface area contributed by atoms with E-state index in [1.54, 1.807) is 12.3 Å². The highest BCUT2D eigenvalue weighted by Crippen LogP contribution is 2.05. The first-order valence-electron chi connectivity index (χ1n) is 6.78. The Balaban J connectivity index is 1.96. The first-order valence-corrected chi connectivity index (χ1v) is 6.78. The smallest absolute Gasteiger partial charge is 0.267 e. The van der Waals surface area contributed by atoms with Crippen molar-refractivity contribution in [3.63, 3.8) is 0 Å². The average molecular weight is 278 g/mol. The minimum atomic E-state index is -0.206. The number of carbonyl (C=O) groups excluding carboxylic acids is 1. The van der Waals surface area contributed by atoms with Crippen LogP contribution in [0.5, 0.6) is 0 Å². The number of benzene rings is 2. The second-order valence-corrected chi connectivity index (χ2v) is 4.87. The fourth-order valence-corrected chi connectivity index (χ4v) is 1.89. The number of hydrogen-bond donors (Lipinski definition) is 1. The van der Waals surface area contributed by atoms with Gasteiger partial charge in [0, 0.05) is 5.56 Å². The maximum Gasteiger partial charge on any atom is 0.271 e. The minimum Gasteiger partial charge on any atom is -0.267 e. The van der Waals surface area contributed by atoms with Crippen molar-refractivity contribution in [2.24, 2.45) is 5.10 Å². The Morgan fingerprint density at radius 3 is 2.57 bits per heavy atom. The summed E-state index contributed by atoms with van der Waals surface area (Å²) in [6.45, 7) is 3.89. The second kappa shape index (κ2) is 7.20. The van der Waals surface area contributed by atoms with Gasteiger partial charge in [-0.25, -0.2) is 5.43 Å². The van der Waals surface area contributed by atoms with Gasteiger partial charge in [0.1, 0.15) is 0 Å². The summed E-state index contributed by atoms with van der Waals surface area (Å²) in [6.07, 6.45) is 3.64. The van der Waals surface area contributed by atoms with Gasteiger partial charge in [-0.1, -0.05) is 54.1 Å². The Hall–Kier alpha value is -2.68. The second-order valence-electron chi connectivity index (χ2n) is 4.87. The summed E-state index contributed by atoms with van der Waals surface area (Å²) in [5.41, 5.74) is 6.26. The number of amides is 1. The number of allylic oxidation sites excluding steroid dienone is 1. The zero-order chi connectivity index (χ0) is 15.1. The fraction of sp³-hybridized carbons (Fsp3) is 0.111. The predicted molar refractivity (Wildman–Crippen MR) is 87.2 cm³/mol. The molecule has 0 heterocycles. The van der Waals surface area contributed by atoms with Gasteiger partial charge >= 0.3 is 0 Å². The van der Waals surface area contributed by atoms with Crippen LogP contribution in [0.3, 0.4) is 0 Å². The maximum atomic E-state index is 11.9. The fourth-order valence-electron chi connectivity index (χ4n) is 1.89. The van der Waals surface area contributed by atoms with E-state index in [9.17, 15) is 4.79 Å². The van der Waals surface area contributed by atoms with Crippen LogP contribution in [0.4, 0.5) is 0 Å². The Bertz CT molecular complexity index is 673. The highest BCUT2D eigenvalue weighted by Gasteiger charge is 2.02. The van der Waals surface area contributed by atoms with Crippen LogP contribution in [0.1, 0.15) is 28.4 Å². The SMILES string of the molecule is CC(/C=N/NC(=O)c1cccc(C)c1)=C\c1ccccc1. The summed E-state index contributed by atoms with van der Waals surface area (Å²) < 4.78 is 0. The molecule has 2 aromatic carbocycles. The molecule has 0 aromatic heterocycles. The summed E-state index contributed by atoms with van der Waals surface area (Å²) in [6, 6.07) is 17.4. The lowest BCUT2D eigenvalue weighted by Crippen LogP contribution is -2.17. The molecule has 0 saturated carbocycles. The van der Waals surface area contributed by atoms with Gasteiger partial charge in [0.2, 0.25) is 0 Å². The third-order valence-electron chi connectivity index (χ3n) is 2.91. The van der Waals surface area contributed by atoms with E-state index in [1.165, 1.54) is 0 Å². The standard InChI is InChI=1S/C18H18N2O/c1-14-7-6-10-17(12-14)18(21)20-19-13-15(2)11-16-8-4-3-5-9-16/h3-13H,1-2H3,(H,20,21)/b15-11+,19-13+. The van der Waals surface area contributed by atoms with Crippen molar-refractivity contribution in [2.45, 2.75) is 13.8 Å². The van der Waals surface area contributed by atoms with E-state index in [0.717, 1.165) is 16.7 Å². The topological polar surface area (TPSA) is 41.5 Å². The number of nitrogens with zero attached hydrogens (tertiary/aromatic N) is 1.